The first kappa shape index (κ1) is 15.3. The molecule has 1 aliphatic heterocycles. The van der Waals surface area contributed by atoms with Gasteiger partial charge in [0.15, 0.2) is 9.84 Å². The SMILES string of the molecule is CC1CS(=O)(=O)CCN1S(=O)(=O)Cc1ccc(N)cc1. The number of benzene rings is 1. The molecule has 0 amide bonds. The summed E-state index contributed by atoms with van der Waals surface area (Å²) >= 11 is 0. The van der Waals surface area contributed by atoms with E-state index in [1.54, 1.807) is 31.2 Å². The Morgan fingerprint density at radius 1 is 1.30 bits per heavy atom. The molecule has 0 aliphatic carbocycles. The molecule has 6 nitrogen and oxygen atoms in total. The molecule has 112 valence electrons. The molecular formula is C12H18N2O4S2. The summed E-state index contributed by atoms with van der Waals surface area (Å²) in [5.41, 5.74) is 6.77. The number of anilines is 1. The second-order valence-electron chi connectivity index (χ2n) is 5.07. The minimum absolute atomic E-state index is 0.0286. The molecule has 1 atom stereocenters. The van der Waals surface area contributed by atoms with Crippen LogP contribution >= 0.6 is 0 Å². The smallest absolute Gasteiger partial charge is 0.218 e. The van der Waals surface area contributed by atoms with Gasteiger partial charge in [-0.15, -0.1) is 0 Å². The van der Waals surface area contributed by atoms with E-state index in [4.69, 9.17) is 5.73 Å². The Balaban J connectivity index is 2.17. The molecule has 1 aromatic carbocycles. The minimum Gasteiger partial charge on any atom is -0.399 e. The average Bonchev–Trinajstić information content (AvgIpc) is 2.30. The summed E-state index contributed by atoms with van der Waals surface area (Å²) in [6, 6.07) is 6.10. The predicted molar refractivity (Wildman–Crippen MR) is 78.3 cm³/mol. The van der Waals surface area contributed by atoms with E-state index in [9.17, 15) is 16.8 Å². The Kier molecular flexibility index (Phi) is 4.08. The number of nitrogen functional groups attached to an aromatic ring is 1. The van der Waals surface area contributed by atoms with E-state index in [-0.39, 0.29) is 23.8 Å². The fourth-order valence-corrected chi connectivity index (χ4v) is 5.84. The van der Waals surface area contributed by atoms with Crippen molar-refractivity contribution in [2.45, 2.75) is 18.7 Å². The van der Waals surface area contributed by atoms with Gasteiger partial charge >= 0.3 is 0 Å². The zero-order chi connectivity index (χ0) is 15.0. The zero-order valence-corrected chi connectivity index (χ0v) is 12.8. The van der Waals surface area contributed by atoms with Gasteiger partial charge in [-0.25, -0.2) is 16.8 Å². The fourth-order valence-electron chi connectivity index (χ4n) is 2.30. The molecule has 1 unspecified atom stereocenters. The quantitative estimate of drug-likeness (QED) is 0.804. The largest absolute Gasteiger partial charge is 0.399 e. The molecule has 1 aromatic rings. The van der Waals surface area contributed by atoms with Gasteiger partial charge < -0.3 is 5.73 Å². The number of rotatable bonds is 3. The van der Waals surface area contributed by atoms with Crippen molar-refractivity contribution in [1.29, 1.82) is 0 Å². The molecule has 1 saturated heterocycles. The van der Waals surface area contributed by atoms with Crippen molar-refractivity contribution in [2.75, 3.05) is 23.8 Å². The average molecular weight is 318 g/mol. The van der Waals surface area contributed by atoms with Crippen LogP contribution in [-0.2, 0) is 25.6 Å². The Morgan fingerprint density at radius 2 is 1.90 bits per heavy atom. The fraction of sp³-hybridized carbons (Fsp3) is 0.500. The molecule has 0 saturated carbocycles. The first-order valence-electron chi connectivity index (χ1n) is 6.24. The maximum absolute atomic E-state index is 12.4. The van der Waals surface area contributed by atoms with Crippen molar-refractivity contribution in [3.05, 3.63) is 29.8 Å². The van der Waals surface area contributed by atoms with Crippen LogP contribution in [-0.4, -0.2) is 45.2 Å². The van der Waals surface area contributed by atoms with E-state index in [1.807, 2.05) is 0 Å². The highest BCUT2D eigenvalue weighted by molar-refractivity contribution is 7.92. The van der Waals surface area contributed by atoms with Crippen LogP contribution in [0.25, 0.3) is 0 Å². The number of hydrogen-bond donors (Lipinski definition) is 1. The van der Waals surface area contributed by atoms with E-state index < -0.39 is 25.9 Å². The molecule has 1 fully saturated rings. The van der Waals surface area contributed by atoms with Gasteiger partial charge in [-0.1, -0.05) is 12.1 Å². The molecule has 0 spiro atoms. The molecule has 2 rings (SSSR count). The second kappa shape index (κ2) is 5.34. The molecule has 1 heterocycles. The van der Waals surface area contributed by atoms with Gasteiger partial charge in [-0.3, -0.25) is 0 Å². The first-order chi connectivity index (χ1) is 9.20. The lowest BCUT2D eigenvalue weighted by Crippen LogP contribution is -2.49. The maximum Gasteiger partial charge on any atom is 0.218 e. The summed E-state index contributed by atoms with van der Waals surface area (Å²) in [7, 11) is -6.65. The van der Waals surface area contributed by atoms with Crippen molar-refractivity contribution in [3.8, 4) is 0 Å². The van der Waals surface area contributed by atoms with E-state index in [2.05, 4.69) is 0 Å². The van der Waals surface area contributed by atoms with Crippen LogP contribution in [0, 0.1) is 0 Å². The second-order valence-corrected chi connectivity index (χ2v) is 9.22. The van der Waals surface area contributed by atoms with E-state index in [1.165, 1.54) is 4.31 Å². The van der Waals surface area contributed by atoms with Crippen molar-refractivity contribution < 1.29 is 16.8 Å². The first-order valence-corrected chi connectivity index (χ1v) is 9.67. The monoisotopic (exact) mass is 318 g/mol. The number of nitrogens with zero attached hydrogens (tertiary/aromatic N) is 1. The van der Waals surface area contributed by atoms with Gasteiger partial charge in [0, 0.05) is 18.3 Å². The van der Waals surface area contributed by atoms with E-state index >= 15 is 0 Å². The Morgan fingerprint density at radius 3 is 2.45 bits per heavy atom. The lowest BCUT2D eigenvalue weighted by Gasteiger charge is -2.32. The van der Waals surface area contributed by atoms with Gasteiger partial charge in [0.05, 0.1) is 17.3 Å². The van der Waals surface area contributed by atoms with Crippen LogP contribution < -0.4 is 5.73 Å². The summed E-state index contributed by atoms with van der Waals surface area (Å²) in [5.74, 6) is -0.371. The maximum atomic E-state index is 12.4. The van der Waals surface area contributed by atoms with E-state index in [0.29, 0.717) is 11.3 Å². The van der Waals surface area contributed by atoms with Crippen LogP contribution in [0.15, 0.2) is 24.3 Å². The standard InChI is InChI=1S/C12H18N2O4S2/c1-10-8-19(15,16)7-6-14(10)20(17,18)9-11-2-4-12(13)5-3-11/h2-5,10H,6-9,13H2,1H3. The molecular weight excluding hydrogens is 300 g/mol. The Hall–Kier alpha value is -1.12. The minimum atomic E-state index is -3.52. The van der Waals surface area contributed by atoms with E-state index in [0.717, 1.165) is 0 Å². The summed E-state index contributed by atoms with van der Waals surface area (Å²) in [6.45, 7) is 1.65. The molecule has 0 radical (unpaired) electrons. The predicted octanol–water partition coefficient (Wildman–Crippen LogP) is 0.218. The van der Waals surface area contributed by atoms with Gasteiger partial charge in [-0.2, -0.15) is 4.31 Å². The lowest BCUT2D eigenvalue weighted by molar-refractivity contribution is 0.356. The van der Waals surface area contributed by atoms with Crippen LogP contribution in [0.3, 0.4) is 0 Å². The van der Waals surface area contributed by atoms with Crippen LogP contribution in [0.1, 0.15) is 12.5 Å². The molecule has 0 aromatic heterocycles. The molecule has 1 aliphatic rings. The summed E-state index contributed by atoms with van der Waals surface area (Å²) in [5, 5.41) is 0. The zero-order valence-electron chi connectivity index (χ0n) is 11.2. The topological polar surface area (TPSA) is 97.5 Å². The van der Waals surface area contributed by atoms with Gasteiger partial charge in [-0.05, 0) is 24.6 Å². The normalized spacial score (nSPS) is 23.6. The van der Waals surface area contributed by atoms with Gasteiger partial charge in [0.2, 0.25) is 10.0 Å². The molecule has 0 bridgehead atoms. The third kappa shape index (κ3) is 3.50. The summed E-state index contributed by atoms with van der Waals surface area (Å²) < 4.78 is 49.0. The number of hydrogen-bond acceptors (Lipinski definition) is 5. The summed E-state index contributed by atoms with van der Waals surface area (Å²) in [6.07, 6.45) is 0. The highest BCUT2D eigenvalue weighted by Gasteiger charge is 2.35. The summed E-state index contributed by atoms with van der Waals surface area (Å²) in [4.78, 5) is 0. The van der Waals surface area contributed by atoms with Crippen molar-refractivity contribution in [1.82, 2.24) is 4.31 Å². The van der Waals surface area contributed by atoms with Crippen LogP contribution in [0.2, 0.25) is 0 Å². The number of sulfonamides is 1. The highest BCUT2D eigenvalue weighted by atomic mass is 32.2. The number of sulfone groups is 1. The van der Waals surface area contributed by atoms with Crippen molar-refractivity contribution in [3.63, 3.8) is 0 Å². The lowest BCUT2D eigenvalue weighted by atomic mass is 10.2. The molecule has 20 heavy (non-hydrogen) atoms. The molecule has 2 N–H and O–H groups in total. The van der Waals surface area contributed by atoms with Crippen LogP contribution in [0.4, 0.5) is 5.69 Å². The van der Waals surface area contributed by atoms with Gasteiger partial charge in [0.1, 0.15) is 0 Å². The van der Waals surface area contributed by atoms with Crippen LogP contribution in [0.5, 0.6) is 0 Å². The Bertz CT molecular complexity index is 681. The third-order valence-electron chi connectivity index (χ3n) is 3.30. The van der Waals surface area contributed by atoms with Crippen molar-refractivity contribution in [2.24, 2.45) is 0 Å². The molecule has 8 heteroatoms. The highest BCUT2D eigenvalue weighted by Crippen LogP contribution is 2.19. The number of nitrogens with two attached hydrogens (primary N) is 1. The van der Waals surface area contributed by atoms with Crippen molar-refractivity contribution >= 4 is 25.5 Å². The third-order valence-corrected chi connectivity index (χ3v) is 7.05. The Labute approximate surface area is 119 Å². The van der Waals surface area contributed by atoms with Gasteiger partial charge in [0.25, 0.3) is 0 Å².